The summed E-state index contributed by atoms with van der Waals surface area (Å²) in [5.41, 5.74) is 0.330. The van der Waals surface area contributed by atoms with E-state index in [-0.39, 0.29) is 11.9 Å². The zero-order valence-corrected chi connectivity index (χ0v) is 13.4. The Balaban J connectivity index is 1.66. The molecule has 3 heteroatoms. The first kappa shape index (κ1) is 14.9. The number of nitrogens with one attached hydrogen (secondary N) is 1. The van der Waals surface area contributed by atoms with Gasteiger partial charge in [0.15, 0.2) is 0 Å². The molecule has 2 unspecified atom stereocenters. The van der Waals surface area contributed by atoms with Gasteiger partial charge in [0.25, 0.3) is 0 Å². The number of nitriles is 1. The Morgan fingerprint density at radius 1 is 1.24 bits per heavy atom. The number of hydrogen-bond acceptors (Lipinski definition) is 2. The maximum atomic E-state index is 12.3. The van der Waals surface area contributed by atoms with E-state index < -0.39 is 5.92 Å². The maximum absolute atomic E-state index is 12.3. The van der Waals surface area contributed by atoms with E-state index in [4.69, 9.17) is 5.26 Å². The van der Waals surface area contributed by atoms with Gasteiger partial charge in [0, 0.05) is 6.04 Å². The second-order valence-corrected chi connectivity index (χ2v) is 7.98. The van der Waals surface area contributed by atoms with Crippen LogP contribution in [-0.4, -0.2) is 11.9 Å². The van der Waals surface area contributed by atoms with E-state index in [1.165, 1.54) is 38.5 Å². The number of nitrogens with zero attached hydrogens (tertiary/aromatic N) is 1. The lowest BCUT2D eigenvalue weighted by atomic mass is 9.48. The Morgan fingerprint density at radius 3 is 2.19 bits per heavy atom. The van der Waals surface area contributed by atoms with Crippen molar-refractivity contribution in [3.8, 4) is 6.07 Å². The maximum Gasteiger partial charge on any atom is 0.237 e. The molecule has 4 rings (SSSR count). The molecular weight excluding hydrogens is 260 g/mol. The average Bonchev–Trinajstić information content (AvgIpc) is 2.43. The highest BCUT2D eigenvalue weighted by Crippen LogP contribution is 2.61. The van der Waals surface area contributed by atoms with Crippen molar-refractivity contribution in [2.45, 2.75) is 71.3 Å². The fraction of sp³-hybridized carbons (Fsp3) is 0.889. The Bertz CT molecular complexity index is 415. The minimum atomic E-state index is -0.466. The van der Waals surface area contributed by atoms with Gasteiger partial charge in [-0.1, -0.05) is 13.3 Å². The van der Waals surface area contributed by atoms with Crippen molar-refractivity contribution in [3.05, 3.63) is 0 Å². The summed E-state index contributed by atoms with van der Waals surface area (Å²) < 4.78 is 0. The molecule has 3 nitrogen and oxygen atoms in total. The minimum absolute atomic E-state index is 0.0393. The second-order valence-electron chi connectivity index (χ2n) is 7.98. The zero-order valence-electron chi connectivity index (χ0n) is 13.4. The van der Waals surface area contributed by atoms with Crippen LogP contribution in [0.2, 0.25) is 0 Å². The van der Waals surface area contributed by atoms with Crippen LogP contribution in [-0.2, 0) is 4.79 Å². The van der Waals surface area contributed by atoms with Crippen LogP contribution in [0.3, 0.4) is 0 Å². The van der Waals surface area contributed by atoms with Crippen LogP contribution in [0.15, 0.2) is 0 Å². The van der Waals surface area contributed by atoms with Gasteiger partial charge in [0.05, 0.1) is 6.07 Å². The molecule has 1 N–H and O–H groups in total. The lowest BCUT2D eigenvalue weighted by Gasteiger charge is -2.59. The molecule has 4 bridgehead atoms. The molecule has 0 aromatic heterocycles. The summed E-state index contributed by atoms with van der Waals surface area (Å²) >= 11 is 0. The van der Waals surface area contributed by atoms with Gasteiger partial charge in [0.2, 0.25) is 5.91 Å². The van der Waals surface area contributed by atoms with E-state index in [2.05, 4.69) is 18.3 Å². The van der Waals surface area contributed by atoms with Crippen molar-refractivity contribution in [2.75, 3.05) is 0 Å². The van der Waals surface area contributed by atoms with Crippen molar-refractivity contribution in [3.63, 3.8) is 0 Å². The summed E-state index contributed by atoms with van der Waals surface area (Å²) in [6.07, 6.45) is 9.74. The Kier molecular flexibility index (Phi) is 3.99. The second kappa shape index (κ2) is 5.63. The predicted octanol–water partition coefficient (Wildman–Crippen LogP) is 3.65. The lowest BCUT2D eigenvalue weighted by Crippen LogP contribution is -2.56. The minimum Gasteiger partial charge on any atom is -0.352 e. The Hall–Kier alpha value is -1.04. The number of carbonyl (C=O) groups excluding carboxylic acids is 1. The summed E-state index contributed by atoms with van der Waals surface area (Å²) in [7, 11) is 0. The van der Waals surface area contributed by atoms with Crippen molar-refractivity contribution in [1.29, 1.82) is 5.26 Å². The normalized spacial score (nSPS) is 39.6. The SMILES string of the molecule is CCCC(C#N)C(=O)NC(C)C12CC3CC(CC(C3)C1)C2. The van der Waals surface area contributed by atoms with Gasteiger partial charge in [-0.2, -0.15) is 5.26 Å². The summed E-state index contributed by atoms with van der Waals surface area (Å²) in [6.45, 7) is 4.21. The molecule has 0 aliphatic heterocycles. The highest BCUT2D eigenvalue weighted by molar-refractivity contribution is 5.81. The van der Waals surface area contributed by atoms with Crippen LogP contribution in [0, 0.1) is 40.4 Å². The standard InChI is InChI=1S/C18H28N2O/c1-3-4-16(11-19)17(21)20-12(2)18-8-13-5-14(9-18)7-15(6-13)10-18/h12-16H,3-10H2,1-2H3,(H,20,21). The molecule has 1 amide bonds. The number of amides is 1. The van der Waals surface area contributed by atoms with Gasteiger partial charge in [-0.25, -0.2) is 0 Å². The van der Waals surface area contributed by atoms with E-state index in [1.807, 2.05) is 6.92 Å². The van der Waals surface area contributed by atoms with Crippen LogP contribution >= 0.6 is 0 Å². The van der Waals surface area contributed by atoms with E-state index in [0.29, 0.717) is 11.8 Å². The largest absolute Gasteiger partial charge is 0.352 e. The van der Waals surface area contributed by atoms with Crippen molar-refractivity contribution in [2.24, 2.45) is 29.1 Å². The van der Waals surface area contributed by atoms with E-state index in [1.54, 1.807) is 0 Å². The quantitative estimate of drug-likeness (QED) is 0.839. The first-order valence-electron chi connectivity index (χ1n) is 8.76. The zero-order chi connectivity index (χ0) is 15.0. The van der Waals surface area contributed by atoms with Crippen molar-refractivity contribution < 1.29 is 4.79 Å². The number of rotatable bonds is 5. The van der Waals surface area contributed by atoms with Gasteiger partial charge in [-0.05, 0) is 75.0 Å². The Labute approximate surface area is 128 Å². The molecule has 0 spiro atoms. The van der Waals surface area contributed by atoms with Crippen LogP contribution in [0.4, 0.5) is 0 Å². The summed E-state index contributed by atoms with van der Waals surface area (Å²) in [6, 6.07) is 2.40. The Morgan fingerprint density at radius 2 is 1.76 bits per heavy atom. The van der Waals surface area contributed by atoms with Crippen LogP contribution in [0.25, 0.3) is 0 Å². The molecule has 4 aliphatic rings. The molecule has 21 heavy (non-hydrogen) atoms. The molecule has 2 atom stereocenters. The van der Waals surface area contributed by atoms with E-state index in [0.717, 1.165) is 24.2 Å². The van der Waals surface area contributed by atoms with Gasteiger partial charge in [-0.15, -0.1) is 0 Å². The number of carbonyl (C=O) groups is 1. The van der Waals surface area contributed by atoms with Gasteiger partial charge < -0.3 is 5.32 Å². The first-order valence-corrected chi connectivity index (χ1v) is 8.76. The van der Waals surface area contributed by atoms with E-state index >= 15 is 0 Å². The smallest absolute Gasteiger partial charge is 0.237 e. The summed E-state index contributed by atoms with van der Waals surface area (Å²) in [5, 5.41) is 12.4. The summed E-state index contributed by atoms with van der Waals surface area (Å²) in [4.78, 5) is 12.3. The highest BCUT2D eigenvalue weighted by atomic mass is 16.1. The third-order valence-corrected chi connectivity index (χ3v) is 6.41. The molecule has 0 saturated heterocycles. The van der Waals surface area contributed by atoms with Crippen molar-refractivity contribution >= 4 is 5.91 Å². The molecule has 0 radical (unpaired) electrons. The molecular formula is C18H28N2O. The lowest BCUT2D eigenvalue weighted by molar-refractivity contribution is -0.128. The van der Waals surface area contributed by atoms with Crippen LogP contribution in [0.5, 0.6) is 0 Å². The third-order valence-electron chi connectivity index (χ3n) is 6.41. The molecule has 0 aromatic rings. The molecule has 0 aromatic carbocycles. The fourth-order valence-electron chi connectivity index (χ4n) is 5.72. The van der Waals surface area contributed by atoms with Crippen LogP contribution in [0.1, 0.15) is 65.2 Å². The first-order chi connectivity index (χ1) is 10.1. The molecule has 0 heterocycles. The third kappa shape index (κ3) is 2.70. The van der Waals surface area contributed by atoms with Crippen molar-refractivity contribution in [1.82, 2.24) is 5.32 Å². The summed E-state index contributed by atoms with van der Waals surface area (Å²) in [5.74, 6) is 2.20. The fourth-order valence-corrected chi connectivity index (χ4v) is 5.72. The average molecular weight is 288 g/mol. The molecule has 4 aliphatic carbocycles. The topological polar surface area (TPSA) is 52.9 Å². The van der Waals surface area contributed by atoms with E-state index in [9.17, 15) is 4.79 Å². The van der Waals surface area contributed by atoms with Gasteiger partial charge >= 0.3 is 0 Å². The molecule has 116 valence electrons. The van der Waals surface area contributed by atoms with Gasteiger partial charge in [0.1, 0.15) is 5.92 Å². The van der Waals surface area contributed by atoms with Crippen LogP contribution < -0.4 is 5.32 Å². The molecule has 4 saturated carbocycles. The highest BCUT2D eigenvalue weighted by Gasteiger charge is 2.53. The monoisotopic (exact) mass is 288 g/mol. The molecule has 4 fully saturated rings. The number of hydrogen-bond donors (Lipinski definition) is 1. The predicted molar refractivity (Wildman–Crippen MR) is 82.2 cm³/mol. The van der Waals surface area contributed by atoms with Gasteiger partial charge in [-0.3, -0.25) is 4.79 Å².